The number of benzene rings is 2. The van der Waals surface area contributed by atoms with Crippen molar-refractivity contribution in [3.8, 4) is 22.8 Å². The van der Waals surface area contributed by atoms with Gasteiger partial charge in [-0.2, -0.15) is 0 Å². The van der Waals surface area contributed by atoms with Crippen molar-refractivity contribution in [1.82, 2.24) is 4.98 Å². The molecule has 2 aromatic carbocycles. The average molecular weight is 256 g/mol. The molecule has 1 aromatic heterocycles. The van der Waals surface area contributed by atoms with Gasteiger partial charge in [0.1, 0.15) is 0 Å². The highest BCUT2D eigenvalue weighted by atomic mass is 35.5. The highest BCUT2D eigenvalue weighted by Crippen LogP contribution is 2.27. The zero-order valence-corrected chi connectivity index (χ0v) is 10.3. The number of halogens is 1. The van der Waals surface area contributed by atoms with Crippen LogP contribution in [0, 0.1) is 0 Å². The second kappa shape index (κ2) is 4.67. The number of hydrogen-bond acceptors (Lipinski definition) is 2. The molecular weight excluding hydrogens is 246 g/mol. The molecule has 3 aromatic rings. The Labute approximate surface area is 110 Å². The first-order valence-corrected chi connectivity index (χ1v) is 5.98. The highest BCUT2D eigenvalue weighted by molar-refractivity contribution is 6.30. The number of aromatic nitrogens is 1. The van der Waals surface area contributed by atoms with Gasteiger partial charge < -0.3 is 4.42 Å². The van der Waals surface area contributed by atoms with Crippen LogP contribution in [0.25, 0.3) is 22.8 Å². The number of nitrogens with zero attached hydrogens (tertiary/aromatic N) is 1. The SMILES string of the molecule is Clc1cccc(-c2ncc(-c3ccccc3)o2)c1. The lowest BCUT2D eigenvalue weighted by atomic mass is 10.2. The van der Waals surface area contributed by atoms with Crippen molar-refractivity contribution in [3.63, 3.8) is 0 Å². The van der Waals surface area contributed by atoms with Crippen molar-refractivity contribution < 1.29 is 4.42 Å². The van der Waals surface area contributed by atoms with Gasteiger partial charge in [-0.1, -0.05) is 48.0 Å². The van der Waals surface area contributed by atoms with E-state index in [4.69, 9.17) is 16.0 Å². The maximum atomic E-state index is 5.95. The summed E-state index contributed by atoms with van der Waals surface area (Å²) in [5.74, 6) is 1.34. The molecule has 0 spiro atoms. The third kappa shape index (κ3) is 2.15. The Morgan fingerprint density at radius 1 is 0.889 bits per heavy atom. The monoisotopic (exact) mass is 255 g/mol. The van der Waals surface area contributed by atoms with Crippen molar-refractivity contribution in [2.24, 2.45) is 0 Å². The van der Waals surface area contributed by atoms with E-state index in [0.29, 0.717) is 10.9 Å². The normalized spacial score (nSPS) is 10.5. The van der Waals surface area contributed by atoms with Gasteiger partial charge in [-0.15, -0.1) is 0 Å². The molecule has 0 bridgehead atoms. The molecule has 3 rings (SSSR count). The van der Waals surface area contributed by atoms with E-state index in [1.807, 2.05) is 54.6 Å². The summed E-state index contributed by atoms with van der Waals surface area (Å²) in [6, 6.07) is 17.3. The molecule has 0 saturated heterocycles. The van der Waals surface area contributed by atoms with Crippen LogP contribution in [0.2, 0.25) is 5.02 Å². The predicted molar refractivity (Wildman–Crippen MR) is 72.4 cm³/mol. The second-order valence-electron chi connectivity index (χ2n) is 3.91. The Hall–Kier alpha value is -2.06. The van der Waals surface area contributed by atoms with Crippen molar-refractivity contribution in [2.75, 3.05) is 0 Å². The van der Waals surface area contributed by atoms with E-state index in [0.717, 1.165) is 16.9 Å². The van der Waals surface area contributed by atoms with Gasteiger partial charge in [-0.05, 0) is 18.2 Å². The molecule has 0 aliphatic carbocycles. The standard InChI is InChI=1S/C15H10ClNO/c16-13-8-4-7-12(9-13)15-17-10-14(18-15)11-5-2-1-3-6-11/h1-10H. The smallest absolute Gasteiger partial charge is 0.226 e. The Morgan fingerprint density at radius 2 is 1.67 bits per heavy atom. The Morgan fingerprint density at radius 3 is 2.44 bits per heavy atom. The topological polar surface area (TPSA) is 26.0 Å². The molecule has 3 heteroatoms. The van der Waals surface area contributed by atoms with Gasteiger partial charge in [0.25, 0.3) is 0 Å². The summed E-state index contributed by atoms with van der Waals surface area (Å²) >= 11 is 5.95. The lowest BCUT2D eigenvalue weighted by molar-refractivity contribution is 0.589. The predicted octanol–water partition coefficient (Wildman–Crippen LogP) is 4.66. The first kappa shape index (κ1) is 11.1. The fourth-order valence-corrected chi connectivity index (χ4v) is 1.96. The summed E-state index contributed by atoms with van der Waals surface area (Å²) in [6.45, 7) is 0. The highest BCUT2D eigenvalue weighted by Gasteiger charge is 2.08. The molecule has 0 aliphatic heterocycles. The molecule has 0 radical (unpaired) electrons. The molecule has 18 heavy (non-hydrogen) atoms. The zero-order valence-electron chi connectivity index (χ0n) is 9.51. The van der Waals surface area contributed by atoms with Gasteiger partial charge in [-0.25, -0.2) is 4.98 Å². The first-order valence-electron chi connectivity index (χ1n) is 5.60. The summed E-state index contributed by atoms with van der Waals surface area (Å²) in [6.07, 6.45) is 1.73. The molecule has 0 saturated carbocycles. The summed E-state index contributed by atoms with van der Waals surface area (Å²) < 4.78 is 5.74. The quantitative estimate of drug-likeness (QED) is 0.665. The van der Waals surface area contributed by atoms with E-state index in [9.17, 15) is 0 Å². The van der Waals surface area contributed by atoms with Crippen molar-refractivity contribution in [1.29, 1.82) is 0 Å². The van der Waals surface area contributed by atoms with Crippen molar-refractivity contribution >= 4 is 11.6 Å². The van der Waals surface area contributed by atoms with Crippen LogP contribution in [0.5, 0.6) is 0 Å². The summed E-state index contributed by atoms with van der Waals surface area (Å²) in [7, 11) is 0. The van der Waals surface area contributed by atoms with Crippen LogP contribution < -0.4 is 0 Å². The first-order chi connectivity index (χ1) is 8.83. The summed E-state index contributed by atoms with van der Waals surface area (Å²) in [5, 5.41) is 0.673. The third-order valence-electron chi connectivity index (χ3n) is 2.64. The lowest BCUT2D eigenvalue weighted by Gasteiger charge is -1.97. The lowest BCUT2D eigenvalue weighted by Crippen LogP contribution is -1.75. The molecule has 0 unspecified atom stereocenters. The van der Waals surface area contributed by atoms with E-state index in [2.05, 4.69) is 4.98 Å². The molecule has 0 amide bonds. The maximum Gasteiger partial charge on any atom is 0.226 e. The number of oxazole rings is 1. The van der Waals surface area contributed by atoms with Gasteiger partial charge in [0, 0.05) is 16.1 Å². The van der Waals surface area contributed by atoms with Crippen LogP contribution in [0.1, 0.15) is 0 Å². The van der Waals surface area contributed by atoms with Crippen LogP contribution in [0.4, 0.5) is 0 Å². The summed E-state index contributed by atoms with van der Waals surface area (Å²) in [5.41, 5.74) is 1.89. The van der Waals surface area contributed by atoms with E-state index >= 15 is 0 Å². The van der Waals surface area contributed by atoms with Crippen LogP contribution in [-0.4, -0.2) is 4.98 Å². The Kier molecular flexibility index (Phi) is 2.87. The van der Waals surface area contributed by atoms with Crippen molar-refractivity contribution in [2.45, 2.75) is 0 Å². The molecule has 2 nitrogen and oxygen atoms in total. The van der Waals surface area contributed by atoms with E-state index in [1.54, 1.807) is 6.20 Å². The largest absolute Gasteiger partial charge is 0.436 e. The van der Waals surface area contributed by atoms with E-state index in [1.165, 1.54) is 0 Å². The second-order valence-corrected chi connectivity index (χ2v) is 4.34. The fraction of sp³-hybridized carbons (Fsp3) is 0. The molecule has 0 atom stereocenters. The minimum absolute atomic E-state index is 0.580. The molecule has 1 heterocycles. The van der Waals surface area contributed by atoms with E-state index in [-0.39, 0.29) is 0 Å². The van der Waals surface area contributed by atoms with Gasteiger partial charge in [0.2, 0.25) is 5.89 Å². The van der Waals surface area contributed by atoms with Crippen LogP contribution in [-0.2, 0) is 0 Å². The number of rotatable bonds is 2. The summed E-state index contributed by atoms with van der Waals surface area (Å²) in [4.78, 5) is 4.28. The maximum absolute atomic E-state index is 5.95. The molecule has 0 fully saturated rings. The molecule has 88 valence electrons. The minimum atomic E-state index is 0.580. The van der Waals surface area contributed by atoms with Crippen LogP contribution in [0.15, 0.2) is 65.2 Å². The fourth-order valence-electron chi connectivity index (χ4n) is 1.76. The minimum Gasteiger partial charge on any atom is -0.436 e. The molecule has 0 aliphatic rings. The average Bonchev–Trinajstić information content (AvgIpc) is 2.89. The van der Waals surface area contributed by atoms with Gasteiger partial charge in [-0.3, -0.25) is 0 Å². The van der Waals surface area contributed by atoms with E-state index < -0.39 is 0 Å². The van der Waals surface area contributed by atoms with Gasteiger partial charge >= 0.3 is 0 Å². The van der Waals surface area contributed by atoms with Gasteiger partial charge in [0.15, 0.2) is 5.76 Å². The Balaban J connectivity index is 2.00. The number of hydrogen-bond donors (Lipinski definition) is 0. The van der Waals surface area contributed by atoms with Crippen LogP contribution >= 0.6 is 11.6 Å². The van der Waals surface area contributed by atoms with Gasteiger partial charge in [0.05, 0.1) is 6.20 Å². The van der Waals surface area contributed by atoms with Crippen LogP contribution in [0.3, 0.4) is 0 Å². The molecule has 0 N–H and O–H groups in total. The molecular formula is C15H10ClNO. The zero-order chi connectivity index (χ0) is 12.4. The van der Waals surface area contributed by atoms with Crippen molar-refractivity contribution in [3.05, 3.63) is 65.8 Å². The Bertz CT molecular complexity index is 661. The third-order valence-corrected chi connectivity index (χ3v) is 2.87.